The minimum atomic E-state index is -0.162. The summed E-state index contributed by atoms with van der Waals surface area (Å²) in [7, 11) is 3.41. The van der Waals surface area contributed by atoms with Crippen molar-refractivity contribution in [3.63, 3.8) is 0 Å². The summed E-state index contributed by atoms with van der Waals surface area (Å²) in [5.41, 5.74) is 3.70. The van der Waals surface area contributed by atoms with Gasteiger partial charge in [0.05, 0.1) is 18.2 Å². The van der Waals surface area contributed by atoms with Gasteiger partial charge in [0.25, 0.3) is 11.8 Å². The number of carbonyl (C=O) groups excluding carboxylic acids is 2. The molecule has 2 aliphatic rings. The van der Waals surface area contributed by atoms with E-state index in [0.29, 0.717) is 28.9 Å². The first-order chi connectivity index (χ1) is 14.9. The van der Waals surface area contributed by atoms with E-state index < -0.39 is 0 Å². The summed E-state index contributed by atoms with van der Waals surface area (Å²) in [5, 5.41) is 16.0. The molecule has 0 aliphatic heterocycles. The van der Waals surface area contributed by atoms with Crippen molar-refractivity contribution in [1.82, 2.24) is 15.2 Å². The van der Waals surface area contributed by atoms with Gasteiger partial charge in [-0.3, -0.25) is 9.59 Å². The summed E-state index contributed by atoms with van der Waals surface area (Å²) >= 11 is 0. The van der Waals surface area contributed by atoms with Gasteiger partial charge >= 0.3 is 0 Å². The molecule has 4 rings (SSSR count). The fourth-order valence-corrected chi connectivity index (χ4v) is 3.69. The molecule has 7 nitrogen and oxygen atoms in total. The van der Waals surface area contributed by atoms with Crippen LogP contribution in [0.2, 0.25) is 0 Å². The van der Waals surface area contributed by atoms with Crippen LogP contribution in [0, 0.1) is 12.8 Å². The zero-order valence-electron chi connectivity index (χ0n) is 18.3. The largest absolute Gasteiger partial charge is 0.394 e. The molecule has 2 aliphatic carbocycles. The number of aliphatic hydroxyl groups is 1. The lowest BCUT2D eigenvalue weighted by Gasteiger charge is -2.21. The van der Waals surface area contributed by atoms with Gasteiger partial charge in [0.1, 0.15) is 5.82 Å². The Hall–Kier alpha value is -2.93. The smallest absolute Gasteiger partial charge is 0.257 e. The van der Waals surface area contributed by atoms with Gasteiger partial charge in [0, 0.05) is 37.5 Å². The summed E-state index contributed by atoms with van der Waals surface area (Å²) < 4.78 is 0. The van der Waals surface area contributed by atoms with Crippen LogP contribution >= 0.6 is 0 Å². The molecule has 0 radical (unpaired) electrons. The van der Waals surface area contributed by atoms with Crippen molar-refractivity contribution in [3.05, 3.63) is 47.2 Å². The van der Waals surface area contributed by atoms with Gasteiger partial charge < -0.3 is 20.6 Å². The van der Waals surface area contributed by atoms with Crippen molar-refractivity contribution in [2.75, 3.05) is 26.0 Å². The minimum absolute atomic E-state index is 0.000944. The zero-order valence-corrected chi connectivity index (χ0v) is 18.3. The lowest BCUT2D eigenvalue weighted by atomic mass is 9.97. The number of rotatable bonds is 8. The highest BCUT2D eigenvalue weighted by Crippen LogP contribution is 2.35. The molecular weight excluding hydrogens is 392 g/mol. The van der Waals surface area contributed by atoms with Crippen molar-refractivity contribution in [2.45, 2.75) is 44.7 Å². The third kappa shape index (κ3) is 4.88. The Morgan fingerprint density at radius 1 is 1.19 bits per heavy atom. The molecule has 0 bridgehead atoms. The highest BCUT2D eigenvalue weighted by molar-refractivity contribution is 6.00. The molecule has 1 unspecified atom stereocenters. The standard InChI is InChI=1S/C24H30N4O3/c1-14-4-5-16(23(30)26-18-8-9-18)10-19(14)17-11-20(24(31)28(2)3)22(25-12-17)27-21(13-29)15-6-7-15/h4-5,10-12,15,18,21,29H,6-9,13H2,1-3H3,(H,25,27)(H,26,30). The van der Waals surface area contributed by atoms with Crippen LogP contribution in [0.1, 0.15) is 52.0 Å². The van der Waals surface area contributed by atoms with Crippen LogP contribution in [0.3, 0.4) is 0 Å². The number of pyridine rings is 1. The summed E-state index contributed by atoms with van der Waals surface area (Å²) in [6.07, 6.45) is 5.94. The first-order valence-electron chi connectivity index (χ1n) is 10.9. The molecule has 2 aromatic rings. The first kappa shape index (κ1) is 21.3. The Kier molecular flexibility index (Phi) is 5.96. The molecule has 1 aromatic carbocycles. The Morgan fingerprint density at radius 2 is 1.94 bits per heavy atom. The third-order valence-corrected chi connectivity index (χ3v) is 5.96. The maximum absolute atomic E-state index is 12.9. The summed E-state index contributed by atoms with van der Waals surface area (Å²) in [5.74, 6) is 0.658. The van der Waals surface area contributed by atoms with Crippen molar-refractivity contribution in [1.29, 1.82) is 0 Å². The molecule has 1 aromatic heterocycles. The predicted octanol–water partition coefficient (Wildman–Crippen LogP) is 2.83. The Balaban J connectivity index is 1.68. The van der Waals surface area contributed by atoms with E-state index in [0.717, 1.165) is 42.4 Å². The number of aryl methyl sites for hydroxylation is 1. The van der Waals surface area contributed by atoms with Crippen molar-refractivity contribution in [3.8, 4) is 11.1 Å². The van der Waals surface area contributed by atoms with E-state index in [2.05, 4.69) is 15.6 Å². The maximum Gasteiger partial charge on any atom is 0.257 e. The van der Waals surface area contributed by atoms with E-state index in [4.69, 9.17) is 0 Å². The Morgan fingerprint density at radius 3 is 2.55 bits per heavy atom. The van der Waals surface area contributed by atoms with Gasteiger partial charge in [-0.25, -0.2) is 4.98 Å². The number of hydrogen-bond donors (Lipinski definition) is 3. The SMILES string of the molecule is Cc1ccc(C(=O)NC2CC2)cc1-c1cnc(NC(CO)C2CC2)c(C(=O)N(C)C)c1. The molecule has 0 saturated heterocycles. The molecule has 3 N–H and O–H groups in total. The number of nitrogens with zero attached hydrogens (tertiary/aromatic N) is 2. The molecule has 1 atom stereocenters. The highest BCUT2D eigenvalue weighted by Gasteiger charge is 2.32. The van der Waals surface area contributed by atoms with Crippen LogP contribution in [0.4, 0.5) is 5.82 Å². The van der Waals surface area contributed by atoms with Crippen LogP contribution < -0.4 is 10.6 Å². The number of benzene rings is 1. The molecule has 31 heavy (non-hydrogen) atoms. The average molecular weight is 423 g/mol. The summed E-state index contributed by atoms with van der Waals surface area (Å²) in [6.45, 7) is 1.98. The number of hydrogen-bond acceptors (Lipinski definition) is 5. The van der Waals surface area contributed by atoms with Crippen LogP contribution in [0.5, 0.6) is 0 Å². The molecule has 2 fully saturated rings. The lowest BCUT2D eigenvalue weighted by molar-refractivity contribution is 0.0827. The van der Waals surface area contributed by atoms with Crippen LogP contribution in [-0.2, 0) is 0 Å². The van der Waals surface area contributed by atoms with Gasteiger partial charge in [-0.2, -0.15) is 0 Å². The molecule has 7 heteroatoms. The van der Waals surface area contributed by atoms with Gasteiger partial charge in [-0.05, 0) is 67.9 Å². The normalized spacial score (nSPS) is 16.5. The molecule has 1 heterocycles. The fourth-order valence-electron chi connectivity index (χ4n) is 3.69. The molecular formula is C24H30N4O3. The number of aliphatic hydroxyl groups excluding tert-OH is 1. The summed E-state index contributed by atoms with van der Waals surface area (Å²) in [4.78, 5) is 31.5. The van der Waals surface area contributed by atoms with Crippen molar-refractivity contribution < 1.29 is 14.7 Å². The fraction of sp³-hybridized carbons (Fsp3) is 0.458. The predicted molar refractivity (Wildman–Crippen MR) is 120 cm³/mol. The quantitative estimate of drug-likeness (QED) is 0.608. The number of carbonyl (C=O) groups is 2. The van der Waals surface area contributed by atoms with E-state index in [-0.39, 0.29) is 24.5 Å². The molecule has 2 amide bonds. The Labute approximate surface area is 182 Å². The second-order valence-corrected chi connectivity index (χ2v) is 8.87. The number of nitrogens with one attached hydrogen (secondary N) is 2. The maximum atomic E-state index is 12.9. The van der Waals surface area contributed by atoms with E-state index in [1.54, 1.807) is 20.3 Å². The monoisotopic (exact) mass is 422 g/mol. The van der Waals surface area contributed by atoms with Crippen molar-refractivity contribution in [2.24, 2.45) is 5.92 Å². The number of amides is 2. The Bertz CT molecular complexity index is 996. The van der Waals surface area contributed by atoms with Gasteiger partial charge in [0.15, 0.2) is 0 Å². The second kappa shape index (κ2) is 8.67. The topological polar surface area (TPSA) is 94.6 Å². The molecule has 2 saturated carbocycles. The number of anilines is 1. The molecule has 164 valence electrons. The zero-order chi connectivity index (χ0) is 22.1. The van der Waals surface area contributed by atoms with Crippen LogP contribution in [0.15, 0.2) is 30.5 Å². The van der Waals surface area contributed by atoms with Crippen LogP contribution in [0.25, 0.3) is 11.1 Å². The van der Waals surface area contributed by atoms with Gasteiger partial charge in [-0.1, -0.05) is 6.07 Å². The van der Waals surface area contributed by atoms with E-state index in [1.807, 2.05) is 31.2 Å². The van der Waals surface area contributed by atoms with E-state index in [9.17, 15) is 14.7 Å². The minimum Gasteiger partial charge on any atom is -0.394 e. The van der Waals surface area contributed by atoms with Crippen LogP contribution in [-0.4, -0.2) is 59.6 Å². The second-order valence-electron chi connectivity index (χ2n) is 8.87. The average Bonchev–Trinajstić information content (AvgIpc) is 3.66. The van der Waals surface area contributed by atoms with Gasteiger partial charge in [-0.15, -0.1) is 0 Å². The van der Waals surface area contributed by atoms with E-state index >= 15 is 0 Å². The third-order valence-electron chi connectivity index (χ3n) is 5.96. The summed E-state index contributed by atoms with van der Waals surface area (Å²) in [6, 6.07) is 7.62. The number of aromatic nitrogens is 1. The van der Waals surface area contributed by atoms with E-state index in [1.165, 1.54) is 4.90 Å². The van der Waals surface area contributed by atoms with Gasteiger partial charge in [0.2, 0.25) is 0 Å². The first-order valence-corrected chi connectivity index (χ1v) is 10.9. The lowest BCUT2D eigenvalue weighted by Crippen LogP contribution is -2.29. The van der Waals surface area contributed by atoms with Crippen molar-refractivity contribution >= 4 is 17.6 Å². The highest BCUT2D eigenvalue weighted by atomic mass is 16.3. The molecule has 0 spiro atoms.